The number of methoxy groups -OCH3 is 1. The molecule has 26 heavy (non-hydrogen) atoms. The number of benzene rings is 1. The van der Waals surface area contributed by atoms with Crippen LogP contribution < -0.4 is 15.6 Å². The molecule has 0 saturated carbocycles. The molecule has 0 aliphatic heterocycles. The summed E-state index contributed by atoms with van der Waals surface area (Å²) < 4.78 is 10.3. The molecule has 140 valence electrons. The number of hydrogen-bond donors (Lipinski definition) is 2. The molecule has 0 saturated heterocycles. The molecule has 1 aromatic heterocycles. The van der Waals surface area contributed by atoms with Crippen LogP contribution in [0.1, 0.15) is 25.5 Å². The number of aryl methyl sites for hydroxylation is 1. The predicted octanol–water partition coefficient (Wildman–Crippen LogP) is 1.32. The zero-order chi connectivity index (χ0) is 18.8. The molecule has 8 heteroatoms. The summed E-state index contributed by atoms with van der Waals surface area (Å²) in [6.07, 6.45) is 1.18. The lowest BCUT2D eigenvalue weighted by atomic mass is 10.2. The Morgan fingerprint density at radius 3 is 2.65 bits per heavy atom. The minimum Gasteiger partial charge on any atom is -0.494 e. The second-order valence-electron chi connectivity index (χ2n) is 5.60. The molecule has 0 aliphatic carbocycles. The SMILES string of the molecule is CCOc1ccc(-c2nnc(CCC(=O)NCCCOC)c(=O)[nH]2)cc1. The molecule has 0 aliphatic rings. The Bertz CT molecular complexity index is 759. The van der Waals surface area contributed by atoms with Crippen LogP contribution in [0.15, 0.2) is 29.1 Å². The van der Waals surface area contributed by atoms with Crippen LogP contribution in [0.2, 0.25) is 0 Å². The van der Waals surface area contributed by atoms with E-state index in [2.05, 4.69) is 20.5 Å². The first-order valence-electron chi connectivity index (χ1n) is 8.58. The Morgan fingerprint density at radius 1 is 1.23 bits per heavy atom. The highest BCUT2D eigenvalue weighted by atomic mass is 16.5. The highest BCUT2D eigenvalue weighted by molar-refractivity contribution is 5.76. The summed E-state index contributed by atoms with van der Waals surface area (Å²) in [6.45, 7) is 3.64. The largest absolute Gasteiger partial charge is 0.494 e. The van der Waals surface area contributed by atoms with Crippen molar-refractivity contribution < 1.29 is 14.3 Å². The zero-order valence-corrected chi connectivity index (χ0v) is 15.1. The molecular formula is C18H24N4O4. The number of amides is 1. The van der Waals surface area contributed by atoms with Crippen LogP contribution in [0.3, 0.4) is 0 Å². The molecule has 0 fully saturated rings. The fourth-order valence-corrected chi connectivity index (χ4v) is 2.29. The third kappa shape index (κ3) is 5.96. The van der Waals surface area contributed by atoms with Gasteiger partial charge in [-0.25, -0.2) is 0 Å². The van der Waals surface area contributed by atoms with Crippen molar-refractivity contribution in [3.63, 3.8) is 0 Å². The summed E-state index contributed by atoms with van der Waals surface area (Å²) in [5.41, 5.74) is 0.642. The van der Waals surface area contributed by atoms with Crippen LogP contribution in [-0.2, 0) is 16.0 Å². The molecular weight excluding hydrogens is 336 g/mol. The second-order valence-corrected chi connectivity index (χ2v) is 5.60. The monoisotopic (exact) mass is 360 g/mol. The molecule has 0 atom stereocenters. The maximum atomic E-state index is 12.2. The Kier molecular flexibility index (Phi) is 7.75. The van der Waals surface area contributed by atoms with Gasteiger partial charge in [0.15, 0.2) is 5.82 Å². The number of hydrogen-bond acceptors (Lipinski definition) is 6. The Hall–Kier alpha value is -2.74. The first-order valence-corrected chi connectivity index (χ1v) is 8.58. The third-order valence-corrected chi connectivity index (χ3v) is 3.64. The Balaban J connectivity index is 1.92. The van der Waals surface area contributed by atoms with Crippen molar-refractivity contribution in [2.75, 3.05) is 26.9 Å². The summed E-state index contributed by atoms with van der Waals surface area (Å²) in [5, 5.41) is 10.8. The molecule has 1 amide bonds. The molecule has 1 aromatic carbocycles. The first kappa shape index (κ1) is 19.6. The molecule has 0 unspecified atom stereocenters. The number of aromatic amines is 1. The van der Waals surface area contributed by atoms with E-state index in [0.717, 1.165) is 17.7 Å². The number of carbonyl (C=O) groups excluding carboxylic acids is 1. The van der Waals surface area contributed by atoms with Gasteiger partial charge in [-0.1, -0.05) is 0 Å². The number of carbonyl (C=O) groups is 1. The number of ether oxygens (including phenoxy) is 2. The molecule has 2 N–H and O–H groups in total. The van der Waals surface area contributed by atoms with E-state index < -0.39 is 0 Å². The summed E-state index contributed by atoms with van der Waals surface area (Å²) in [5.74, 6) is 1.00. The maximum Gasteiger partial charge on any atom is 0.273 e. The maximum absolute atomic E-state index is 12.2. The van der Waals surface area contributed by atoms with E-state index in [1.54, 1.807) is 31.4 Å². The van der Waals surface area contributed by atoms with Crippen molar-refractivity contribution in [3.8, 4) is 17.1 Å². The fraction of sp³-hybridized carbons (Fsp3) is 0.444. The van der Waals surface area contributed by atoms with Crippen LogP contribution in [-0.4, -0.2) is 48.0 Å². The Labute approximate surface area is 152 Å². The van der Waals surface area contributed by atoms with Crippen LogP contribution in [0.25, 0.3) is 11.4 Å². The molecule has 1 heterocycles. The Morgan fingerprint density at radius 2 is 2.00 bits per heavy atom. The van der Waals surface area contributed by atoms with Crippen molar-refractivity contribution in [3.05, 3.63) is 40.3 Å². The van der Waals surface area contributed by atoms with Crippen LogP contribution in [0.4, 0.5) is 0 Å². The molecule has 0 spiro atoms. The topological polar surface area (TPSA) is 106 Å². The van der Waals surface area contributed by atoms with Gasteiger partial charge in [-0.05, 0) is 37.6 Å². The van der Waals surface area contributed by atoms with E-state index in [9.17, 15) is 9.59 Å². The second kappa shape index (κ2) is 10.3. The first-order chi connectivity index (χ1) is 12.6. The summed E-state index contributed by atoms with van der Waals surface area (Å²) in [4.78, 5) is 26.6. The molecule has 2 rings (SSSR count). The molecule has 2 aromatic rings. The predicted molar refractivity (Wildman–Crippen MR) is 97.1 cm³/mol. The van der Waals surface area contributed by atoms with Gasteiger partial charge in [0.1, 0.15) is 11.4 Å². The van der Waals surface area contributed by atoms with Gasteiger partial charge in [-0.15, -0.1) is 10.2 Å². The van der Waals surface area contributed by atoms with Crippen molar-refractivity contribution in [2.45, 2.75) is 26.2 Å². The van der Waals surface area contributed by atoms with Gasteiger partial charge < -0.3 is 19.8 Å². The minimum atomic E-state index is -0.337. The average molecular weight is 360 g/mol. The van der Waals surface area contributed by atoms with Crippen LogP contribution in [0, 0.1) is 0 Å². The summed E-state index contributed by atoms with van der Waals surface area (Å²) in [7, 11) is 1.61. The molecule has 0 bridgehead atoms. The van der Waals surface area contributed by atoms with Crippen molar-refractivity contribution in [2.24, 2.45) is 0 Å². The standard InChI is InChI=1S/C18H24N4O4/c1-3-26-14-7-5-13(6-8-14)17-20-18(24)15(21-22-17)9-10-16(23)19-11-4-12-25-2/h5-8H,3-4,9-12H2,1-2H3,(H,19,23)(H,20,22,24). The van der Waals surface area contributed by atoms with Gasteiger partial charge in [0, 0.05) is 38.7 Å². The van der Waals surface area contributed by atoms with Gasteiger partial charge in [0.05, 0.1) is 6.61 Å². The number of nitrogens with zero attached hydrogens (tertiary/aromatic N) is 2. The van der Waals surface area contributed by atoms with E-state index in [1.807, 2.05) is 6.92 Å². The molecule has 0 radical (unpaired) electrons. The summed E-state index contributed by atoms with van der Waals surface area (Å²) in [6, 6.07) is 7.22. The van der Waals surface area contributed by atoms with Gasteiger partial charge in [0.2, 0.25) is 5.91 Å². The number of nitrogens with one attached hydrogen (secondary N) is 2. The van der Waals surface area contributed by atoms with Crippen LogP contribution >= 0.6 is 0 Å². The lowest BCUT2D eigenvalue weighted by molar-refractivity contribution is -0.121. The van der Waals surface area contributed by atoms with E-state index in [4.69, 9.17) is 9.47 Å². The van der Waals surface area contributed by atoms with E-state index in [1.165, 1.54) is 0 Å². The van der Waals surface area contributed by atoms with Gasteiger partial charge >= 0.3 is 0 Å². The molecule has 8 nitrogen and oxygen atoms in total. The number of aromatic nitrogens is 3. The highest BCUT2D eigenvalue weighted by Crippen LogP contribution is 2.18. The smallest absolute Gasteiger partial charge is 0.273 e. The van der Waals surface area contributed by atoms with E-state index >= 15 is 0 Å². The van der Waals surface area contributed by atoms with Gasteiger partial charge in [-0.2, -0.15) is 0 Å². The van der Waals surface area contributed by atoms with Gasteiger partial charge in [-0.3, -0.25) is 9.59 Å². The lowest BCUT2D eigenvalue weighted by Crippen LogP contribution is -2.27. The normalized spacial score (nSPS) is 10.5. The highest BCUT2D eigenvalue weighted by Gasteiger charge is 2.09. The van der Waals surface area contributed by atoms with E-state index in [-0.39, 0.29) is 30.0 Å². The lowest BCUT2D eigenvalue weighted by Gasteiger charge is -2.06. The number of H-pyrrole nitrogens is 1. The van der Waals surface area contributed by atoms with Crippen molar-refractivity contribution in [1.29, 1.82) is 0 Å². The minimum absolute atomic E-state index is 0.127. The van der Waals surface area contributed by atoms with Crippen molar-refractivity contribution >= 4 is 5.91 Å². The third-order valence-electron chi connectivity index (χ3n) is 3.64. The summed E-state index contributed by atoms with van der Waals surface area (Å²) >= 11 is 0. The van der Waals surface area contributed by atoms with Crippen LogP contribution in [0.5, 0.6) is 5.75 Å². The van der Waals surface area contributed by atoms with Gasteiger partial charge in [0.25, 0.3) is 5.56 Å². The average Bonchev–Trinajstić information content (AvgIpc) is 2.65. The number of rotatable bonds is 10. The quantitative estimate of drug-likeness (QED) is 0.619. The van der Waals surface area contributed by atoms with Crippen molar-refractivity contribution in [1.82, 2.24) is 20.5 Å². The van der Waals surface area contributed by atoms with E-state index in [0.29, 0.717) is 25.6 Å². The fourth-order valence-electron chi connectivity index (χ4n) is 2.29. The zero-order valence-electron chi connectivity index (χ0n) is 15.1.